The molecular formula is C14H22ClNS. The second-order valence-corrected chi connectivity index (χ2v) is 6.81. The SMILES string of the molecule is CCCNC(Cc1ccc(Cl)s1)C1CCCC1. The molecule has 0 aliphatic heterocycles. The van der Waals surface area contributed by atoms with E-state index >= 15 is 0 Å². The van der Waals surface area contributed by atoms with Crippen LogP contribution in [0, 0.1) is 5.92 Å². The van der Waals surface area contributed by atoms with Crippen LogP contribution in [0.15, 0.2) is 12.1 Å². The van der Waals surface area contributed by atoms with Gasteiger partial charge in [-0.2, -0.15) is 0 Å². The van der Waals surface area contributed by atoms with E-state index in [9.17, 15) is 0 Å². The molecule has 0 saturated heterocycles. The summed E-state index contributed by atoms with van der Waals surface area (Å²) in [5.41, 5.74) is 0. The van der Waals surface area contributed by atoms with Gasteiger partial charge in [0.05, 0.1) is 4.34 Å². The minimum Gasteiger partial charge on any atom is -0.313 e. The molecule has 0 bridgehead atoms. The molecule has 1 unspecified atom stereocenters. The van der Waals surface area contributed by atoms with Gasteiger partial charge < -0.3 is 5.32 Å². The molecule has 1 saturated carbocycles. The largest absolute Gasteiger partial charge is 0.313 e. The Morgan fingerprint density at radius 1 is 1.41 bits per heavy atom. The molecule has 2 rings (SSSR count). The second kappa shape index (κ2) is 6.77. The van der Waals surface area contributed by atoms with Crippen LogP contribution in [0.3, 0.4) is 0 Å². The zero-order valence-electron chi connectivity index (χ0n) is 10.5. The van der Waals surface area contributed by atoms with E-state index in [2.05, 4.69) is 18.3 Å². The van der Waals surface area contributed by atoms with Crippen molar-refractivity contribution in [3.63, 3.8) is 0 Å². The maximum atomic E-state index is 6.01. The van der Waals surface area contributed by atoms with E-state index in [1.807, 2.05) is 6.07 Å². The molecule has 96 valence electrons. The van der Waals surface area contributed by atoms with Crippen molar-refractivity contribution in [1.82, 2.24) is 5.32 Å². The molecule has 1 N–H and O–H groups in total. The van der Waals surface area contributed by atoms with Crippen LogP contribution in [0.1, 0.15) is 43.9 Å². The number of hydrogen-bond acceptors (Lipinski definition) is 2. The fourth-order valence-electron chi connectivity index (χ4n) is 2.77. The topological polar surface area (TPSA) is 12.0 Å². The van der Waals surface area contributed by atoms with Gasteiger partial charge in [-0.1, -0.05) is 31.4 Å². The third-order valence-electron chi connectivity index (χ3n) is 3.68. The summed E-state index contributed by atoms with van der Waals surface area (Å²) < 4.78 is 0.917. The van der Waals surface area contributed by atoms with Gasteiger partial charge in [-0.25, -0.2) is 0 Å². The minimum atomic E-state index is 0.659. The minimum absolute atomic E-state index is 0.659. The third-order valence-corrected chi connectivity index (χ3v) is 4.93. The Kier molecular flexibility index (Phi) is 5.33. The predicted octanol–water partition coefficient (Wildman–Crippen LogP) is 4.50. The van der Waals surface area contributed by atoms with Crippen molar-refractivity contribution < 1.29 is 0 Å². The Morgan fingerprint density at radius 3 is 2.76 bits per heavy atom. The first kappa shape index (κ1) is 13.4. The first-order chi connectivity index (χ1) is 8.29. The van der Waals surface area contributed by atoms with Gasteiger partial charge in [0.1, 0.15) is 0 Å². The number of halogens is 1. The van der Waals surface area contributed by atoms with Crippen LogP contribution >= 0.6 is 22.9 Å². The van der Waals surface area contributed by atoms with Crippen LogP contribution < -0.4 is 5.32 Å². The van der Waals surface area contributed by atoms with Gasteiger partial charge in [0.15, 0.2) is 0 Å². The molecule has 0 radical (unpaired) electrons. The highest BCUT2D eigenvalue weighted by Crippen LogP contribution is 2.31. The summed E-state index contributed by atoms with van der Waals surface area (Å²) in [6.45, 7) is 3.38. The van der Waals surface area contributed by atoms with E-state index in [-0.39, 0.29) is 0 Å². The molecule has 1 aromatic rings. The summed E-state index contributed by atoms with van der Waals surface area (Å²) in [7, 11) is 0. The molecule has 0 spiro atoms. The van der Waals surface area contributed by atoms with Gasteiger partial charge in [-0.3, -0.25) is 0 Å². The first-order valence-corrected chi connectivity index (χ1v) is 7.96. The van der Waals surface area contributed by atoms with Crippen molar-refractivity contribution >= 4 is 22.9 Å². The number of rotatable bonds is 6. The summed E-state index contributed by atoms with van der Waals surface area (Å²) in [5, 5.41) is 3.73. The van der Waals surface area contributed by atoms with Gasteiger partial charge >= 0.3 is 0 Å². The molecule has 1 aromatic heterocycles. The van der Waals surface area contributed by atoms with Crippen molar-refractivity contribution in [2.75, 3.05) is 6.54 Å². The van der Waals surface area contributed by atoms with Crippen LogP contribution in [0.5, 0.6) is 0 Å². The lowest BCUT2D eigenvalue weighted by molar-refractivity contribution is 0.358. The average molecular weight is 272 g/mol. The fourth-order valence-corrected chi connectivity index (χ4v) is 3.92. The zero-order chi connectivity index (χ0) is 12.1. The van der Waals surface area contributed by atoms with Crippen LogP contribution in [0.4, 0.5) is 0 Å². The quantitative estimate of drug-likeness (QED) is 0.803. The predicted molar refractivity (Wildman–Crippen MR) is 77.1 cm³/mol. The first-order valence-electron chi connectivity index (χ1n) is 6.77. The van der Waals surface area contributed by atoms with Crippen molar-refractivity contribution in [3.05, 3.63) is 21.3 Å². The molecule has 1 aliphatic rings. The lowest BCUT2D eigenvalue weighted by Gasteiger charge is -2.24. The molecule has 0 aromatic carbocycles. The van der Waals surface area contributed by atoms with Gasteiger partial charge in [0.25, 0.3) is 0 Å². The second-order valence-electron chi connectivity index (χ2n) is 5.02. The van der Waals surface area contributed by atoms with E-state index in [1.165, 1.54) is 37.0 Å². The Labute approximate surface area is 114 Å². The number of hydrogen-bond donors (Lipinski definition) is 1. The Balaban J connectivity index is 1.94. The molecule has 1 heterocycles. The lowest BCUT2D eigenvalue weighted by Crippen LogP contribution is -2.37. The fraction of sp³-hybridized carbons (Fsp3) is 0.714. The Bertz CT molecular complexity index is 331. The molecule has 1 fully saturated rings. The Hall–Kier alpha value is -0.0500. The standard InChI is InChI=1S/C14H22ClNS/c1-2-9-16-13(11-5-3-4-6-11)10-12-7-8-14(15)17-12/h7-8,11,13,16H,2-6,9-10H2,1H3. The zero-order valence-corrected chi connectivity index (χ0v) is 12.1. The van der Waals surface area contributed by atoms with E-state index < -0.39 is 0 Å². The van der Waals surface area contributed by atoms with E-state index in [0.29, 0.717) is 6.04 Å². The molecule has 1 atom stereocenters. The third kappa shape index (κ3) is 3.97. The molecule has 3 heteroatoms. The van der Waals surface area contributed by atoms with Crippen LogP contribution in [0.2, 0.25) is 4.34 Å². The summed E-state index contributed by atoms with van der Waals surface area (Å²) in [5.74, 6) is 0.877. The normalized spacial score (nSPS) is 18.7. The average Bonchev–Trinajstić information content (AvgIpc) is 2.95. The van der Waals surface area contributed by atoms with Crippen LogP contribution in [-0.2, 0) is 6.42 Å². The van der Waals surface area contributed by atoms with Crippen molar-refractivity contribution in [2.45, 2.75) is 51.5 Å². The Morgan fingerprint density at radius 2 is 2.18 bits per heavy atom. The van der Waals surface area contributed by atoms with Crippen LogP contribution in [0.25, 0.3) is 0 Å². The summed E-state index contributed by atoms with van der Waals surface area (Å²) in [4.78, 5) is 1.43. The van der Waals surface area contributed by atoms with Gasteiger partial charge in [0, 0.05) is 10.9 Å². The molecular weight excluding hydrogens is 250 g/mol. The highest BCUT2D eigenvalue weighted by molar-refractivity contribution is 7.16. The van der Waals surface area contributed by atoms with Crippen molar-refractivity contribution in [3.8, 4) is 0 Å². The smallest absolute Gasteiger partial charge is 0.0931 e. The summed E-state index contributed by atoms with van der Waals surface area (Å²) in [6, 6.07) is 4.86. The molecule has 1 nitrogen and oxygen atoms in total. The number of nitrogens with one attached hydrogen (secondary N) is 1. The van der Waals surface area contributed by atoms with E-state index in [0.717, 1.165) is 23.2 Å². The lowest BCUT2D eigenvalue weighted by atomic mass is 9.94. The van der Waals surface area contributed by atoms with Gasteiger partial charge in [-0.15, -0.1) is 11.3 Å². The van der Waals surface area contributed by atoms with Gasteiger partial charge in [0.2, 0.25) is 0 Å². The van der Waals surface area contributed by atoms with E-state index in [1.54, 1.807) is 11.3 Å². The molecule has 17 heavy (non-hydrogen) atoms. The van der Waals surface area contributed by atoms with Gasteiger partial charge in [-0.05, 0) is 50.3 Å². The number of thiophene rings is 1. The maximum Gasteiger partial charge on any atom is 0.0931 e. The highest BCUT2D eigenvalue weighted by Gasteiger charge is 2.24. The van der Waals surface area contributed by atoms with Crippen molar-refractivity contribution in [2.24, 2.45) is 5.92 Å². The van der Waals surface area contributed by atoms with Crippen LogP contribution in [-0.4, -0.2) is 12.6 Å². The molecule has 1 aliphatic carbocycles. The summed E-state index contributed by atoms with van der Waals surface area (Å²) >= 11 is 7.74. The maximum absolute atomic E-state index is 6.01. The highest BCUT2D eigenvalue weighted by atomic mass is 35.5. The van der Waals surface area contributed by atoms with Crippen molar-refractivity contribution in [1.29, 1.82) is 0 Å². The monoisotopic (exact) mass is 271 g/mol. The summed E-state index contributed by atoms with van der Waals surface area (Å²) in [6.07, 6.45) is 8.01. The van der Waals surface area contributed by atoms with E-state index in [4.69, 9.17) is 11.6 Å². The molecule has 0 amide bonds.